The summed E-state index contributed by atoms with van der Waals surface area (Å²) in [5.41, 5.74) is 3.08. The van der Waals surface area contributed by atoms with Crippen molar-refractivity contribution in [3.05, 3.63) is 83.1 Å². The van der Waals surface area contributed by atoms with Crippen LogP contribution in [0.5, 0.6) is 0 Å². The molecule has 0 aliphatic rings. The van der Waals surface area contributed by atoms with Gasteiger partial charge in [-0.2, -0.15) is 0 Å². The van der Waals surface area contributed by atoms with Gasteiger partial charge in [0.25, 0.3) is 0 Å². The zero-order chi connectivity index (χ0) is 19.2. The topological polar surface area (TPSA) is 65.5 Å². The molecular formula is C22H19NO4. The van der Waals surface area contributed by atoms with Crippen LogP contribution in [0.4, 0.5) is 0 Å². The Kier molecular flexibility index (Phi) is 5.61. The molecule has 1 heterocycles. The highest BCUT2D eigenvalue weighted by atomic mass is 16.5. The molecule has 0 fully saturated rings. The number of aryl methyl sites for hydroxylation is 1. The molecule has 2 aromatic carbocycles. The predicted octanol–water partition coefficient (Wildman–Crippen LogP) is 4.09. The molecule has 5 nitrogen and oxygen atoms in total. The molecule has 136 valence electrons. The first-order valence-corrected chi connectivity index (χ1v) is 8.46. The van der Waals surface area contributed by atoms with Crippen molar-refractivity contribution in [2.45, 2.75) is 13.5 Å². The summed E-state index contributed by atoms with van der Waals surface area (Å²) in [6.45, 7) is 1.71. The Labute approximate surface area is 157 Å². The lowest BCUT2D eigenvalue weighted by molar-refractivity contribution is -0.139. The average Bonchev–Trinajstić information content (AvgIpc) is 2.71. The third-order valence-corrected chi connectivity index (χ3v) is 4.18. The molecule has 0 bridgehead atoms. The summed E-state index contributed by atoms with van der Waals surface area (Å²) in [6.07, 6.45) is 3.02. The van der Waals surface area contributed by atoms with Gasteiger partial charge in [0.05, 0.1) is 23.9 Å². The maximum absolute atomic E-state index is 12.2. The minimum atomic E-state index is -0.512. The second-order valence-electron chi connectivity index (χ2n) is 5.92. The van der Waals surface area contributed by atoms with Crippen LogP contribution in [0.15, 0.2) is 60.7 Å². The van der Waals surface area contributed by atoms with Gasteiger partial charge in [-0.3, -0.25) is 0 Å². The summed E-state index contributed by atoms with van der Waals surface area (Å²) >= 11 is 0. The quantitative estimate of drug-likeness (QED) is 0.506. The van der Waals surface area contributed by atoms with E-state index in [2.05, 4.69) is 4.98 Å². The Morgan fingerprint density at radius 1 is 1.04 bits per heavy atom. The standard InChI is InChI=1S/C22H19NO4/c1-15-17-10-6-7-11-18(17)23-19(21(15)22(25)26-2)14-27-20(24)13-12-16-8-4-3-5-9-16/h3-13H,14H2,1-2H3/b13-12+. The fraction of sp³-hybridized carbons (Fsp3) is 0.136. The highest BCUT2D eigenvalue weighted by molar-refractivity contribution is 5.98. The van der Waals surface area contributed by atoms with Crippen molar-refractivity contribution in [3.63, 3.8) is 0 Å². The number of carbonyl (C=O) groups excluding carboxylic acids is 2. The maximum atomic E-state index is 12.2. The van der Waals surface area contributed by atoms with Gasteiger partial charge >= 0.3 is 11.9 Å². The normalized spacial score (nSPS) is 10.9. The van der Waals surface area contributed by atoms with E-state index in [-0.39, 0.29) is 6.61 Å². The SMILES string of the molecule is COC(=O)c1c(COC(=O)/C=C/c2ccccc2)nc2ccccc2c1C. The monoisotopic (exact) mass is 361 g/mol. The number of hydrogen-bond donors (Lipinski definition) is 0. The summed E-state index contributed by atoms with van der Waals surface area (Å²) in [4.78, 5) is 28.8. The Balaban J connectivity index is 1.84. The van der Waals surface area contributed by atoms with Crippen LogP contribution >= 0.6 is 0 Å². The summed E-state index contributed by atoms with van der Waals surface area (Å²) < 4.78 is 10.2. The molecule has 0 saturated carbocycles. The van der Waals surface area contributed by atoms with Crippen LogP contribution in [-0.4, -0.2) is 24.0 Å². The number of benzene rings is 2. The molecule has 3 rings (SSSR count). The van der Waals surface area contributed by atoms with Crippen LogP contribution < -0.4 is 0 Å². The van der Waals surface area contributed by atoms with E-state index < -0.39 is 11.9 Å². The molecule has 0 N–H and O–H groups in total. The summed E-state index contributed by atoms with van der Waals surface area (Å²) in [7, 11) is 1.31. The predicted molar refractivity (Wildman–Crippen MR) is 103 cm³/mol. The van der Waals surface area contributed by atoms with Crippen molar-refractivity contribution in [3.8, 4) is 0 Å². The third kappa shape index (κ3) is 4.20. The molecule has 0 aliphatic carbocycles. The van der Waals surface area contributed by atoms with Crippen molar-refractivity contribution < 1.29 is 19.1 Å². The number of hydrogen-bond acceptors (Lipinski definition) is 5. The number of methoxy groups -OCH3 is 1. The summed E-state index contributed by atoms with van der Waals surface area (Å²) in [5.74, 6) is -1.01. The molecule has 0 spiro atoms. The first-order chi connectivity index (χ1) is 13.1. The van der Waals surface area contributed by atoms with Crippen LogP contribution in [-0.2, 0) is 20.9 Å². The number of pyridine rings is 1. The van der Waals surface area contributed by atoms with Crippen molar-refractivity contribution in [2.24, 2.45) is 0 Å². The molecule has 3 aromatic rings. The van der Waals surface area contributed by atoms with Crippen LogP contribution in [0, 0.1) is 6.92 Å². The van der Waals surface area contributed by atoms with Crippen molar-refractivity contribution in [1.82, 2.24) is 4.98 Å². The highest BCUT2D eigenvalue weighted by Gasteiger charge is 2.20. The molecule has 0 radical (unpaired) electrons. The van der Waals surface area contributed by atoms with E-state index in [0.717, 1.165) is 22.0 Å². The van der Waals surface area contributed by atoms with Gasteiger partial charge in [0, 0.05) is 11.5 Å². The van der Waals surface area contributed by atoms with Gasteiger partial charge in [-0.1, -0.05) is 48.5 Å². The first kappa shape index (κ1) is 18.3. The Hall–Kier alpha value is -3.47. The van der Waals surface area contributed by atoms with Crippen LogP contribution in [0.2, 0.25) is 0 Å². The van der Waals surface area contributed by atoms with Gasteiger partial charge < -0.3 is 9.47 Å². The van der Waals surface area contributed by atoms with Crippen LogP contribution in [0.3, 0.4) is 0 Å². The van der Waals surface area contributed by atoms with Gasteiger partial charge in [0.2, 0.25) is 0 Å². The average molecular weight is 361 g/mol. The molecule has 27 heavy (non-hydrogen) atoms. The van der Waals surface area contributed by atoms with Crippen molar-refractivity contribution in [2.75, 3.05) is 7.11 Å². The molecule has 0 saturated heterocycles. The number of ether oxygens (including phenoxy) is 2. The van der Waals surface area contributed by atoms with Gasteiger partial charge in [-0.05, 0) is 30.2 Å². The summed E-state index contributed by atoms with van der Waals surface area (Å²) in [5, 5.41) is 0.858. The van der Waals surface area contributed by atoms with Gasteiger partial charge in [0.15, 0.2) is 0 Å². The van der Waals surface area contributed by atoms with E-state index in [4.69, 9.17) is 9.47 Å². The molecule has 5 heteroatoms. The first-order valence-electron chi connectivity index (χ1n) is 8.46. The number of para-hydroxylation sites is 1. The Bertz CT molecular complexity index is 1010. The molecule has 1 aromatic heterocycles. The lowest BCUT2D eigenvalue weighted by Crippen LogP contribution is -2.13. The highest BCUT2D eigenvalue weighted by Crippen LogP contribution is 2.24. The molecular weight excluding hydrogens is 342 g/mol. The van der Waals surface area contributed by atoms with E-state index in [0.29, 0.717) is 11.3 Å². The number of rotatable bonds is 5. The number of fused-ring (bicyclic) bond motifs is 1. The number of carbonyl (C=O) groups is 2. The Morgan fingerprint density at radius 2 is 1.74 bits per heavy atom. The molecule has 0 amide bonds. The van der Waals surface area contributed by atoms with E-state index in [9.17, 15) is 9.59 Å². The summed E-state index contributed by atoms with van der Waals surface area (Å²) in [6, 6.07) is 16.9. The fourth-order valence-corrected chi connectivity index (χ4v) is 2.83. The minimum absolute atomic E-state index is 0.117. The van der Waals surface area contributed by atoms with Crippen molar-refractivity contribution in [1.29, 1.82) is 0 Å². The zero-order valence-corrected chi connectivity index (χ0v) is 15.1. The Morgan fingerprint density at radius 3 is 2.48 bits per heavy atom. The lowest BCUT2D eigenvalue weighted by Gasteiger charge is -2.13. The van der Waals surface area contributed by atoms with E-state index in [1.807, 2.05) is 61.5 Å². The second kappa shape index (κ2) is 8.27. The van der Waals surface area contributed by atoms with Gasteiger partial charge in [0.1, 0.15) is 6.61 Å². The largest absolute Gasteiger partial charge is 0.465 e. The lowest BCUT2D eigenvalue weighted by atomic mass is 10.0. The van der Waals surface area contributed by atoms with Crippen LogP contribution in [0.1, 0.15) is 27.2 Å². The molecule has 0 unspecified atom stereocenters. The zero-order valence-electron chi connectivity index (χ0n) is 15.1. The van der Waals surface area contributed by atoms with Gasteiger partial charge in [-0.15, -0.1) is 0 Å². The number of nitrogens with zero attached hydrogens (tertiary/aromatic N) is 1. The van der Waals surface area contributed by atoms with Crippen LogP contribution in [0.25, 0.3) is 17.0 Å². The van der Waals surface area contributed by atoms with Gasteiger partial charge in [-0.25, -0.2) is 14.6 Å². The smallest absolute Gasteiger partial charge is 0.340 e. The van der Waals surface area contributed by atoms with E-state index in [1.165, 1.54) is 13.2 Å². The second-order valence-corrected chi connectivity index (χ2v) is 5.92. The fourth-order valence-electron chi connectivity index (χ4n) is 2.83. The minimum Gasteiger partial charge on any atom is -0.465 e. The van der Waals surface area contributed by atoms with E-state index in [1.54, 1.807) is 6.08 Å². The third-order valence-electron chi connectivity index (χ3n) is 4.18. The maximum Gasteiger partial charge on any atom is 0.340 e. The number of aromatic nitrogens is 1. The molecule has 0 atom stereocenters. The molecule has 0 aliphatic heterocycles. The van der Waals surface area contributed by atoms with Crippen molar-refractivity contribution >= 4 is 28.9 Å². The number of esters is 2. The van der Waals surface area contributed by atoms with E-state index >= 15 is 0 Å².